The van der Waals surface area contributed by atoms with Crippen molar-refractivity contribution in [2.75, 3.05) is 5.32 Å². The van der Waals surface area contributed by atoms with Crippen molar-refractivity contribution in [2.45, 2.75) is 40.2 Å². The maximum Gasteiger partial charge on any atom is 0.249 e. The number of aliphatic imine (C=N–C) groups is 1. The van der Waals surface area contributed by atoms with E-state index in [1.54, 1.807) is 6.07 Å². The molecule has 108 valence electrons. The number of carbonyl (C=O) groups excluding carboxylic acids is 1. The van der Waals surface area contributed by atoms with Crippen molar-refractivity contribution in [3.8, 4) is 0 Å². The molecule has 1 N–H and O–H groups in total. The summed E-state index contributed by atoms with van der Waals surface area (Å²) in [5.74, 6) is 0.429. The van der Waals surface area contributed by atoms with Crippen molar-refractivity contribution >= 4 is 28.9 Å². The van der Waals surface area contributed by atoms with Crippen molar-refractivity contribution in [1.29, 1.82) is 0 Å². The molecule has 1 aromatic rings. The molecule has 0 bridgehead atoms. The first-order valence-corrected chi connectivity index (χ1v) is 7.50. The first-order valence-electron chi connectivity index (χ1n) is 7.12. The quantitative estimate of drug-likeness (QED) is 0.893. The Morgan fingerprint density at radius 2 is 2.05 bits per heavy atom. The Kier molecular flexibility index (Phi) is 4.48. The number of benzodiazepines with no additional fused rings is 1. The van der Waals surface area contributed by atoms with Crippen molar-refractivity contribution in [3.63, 3.8) is 0 Å². The highest BCUT2D eigenvalue weighted by Gasteiger charge is 2.29. The van der Waals surface area contributed by atoms with Crippen molar-refractivity contribution in [2.24, 2.45) is 16.8 Å². The van der Waals surface area contributed by atoms with Crippen molar-refractivity contribution in [1.82, 2.24) is 0 Å². The number of amides is 1. The molecule has 0 aromatic heterocycles. The highest BCUT2D eigenvalue weighted by atomic mass is 35.5. The van der Waals surface area contributed by atoms with Crippen molar-refractivity contribution < 1.29 is 4.79 Å². The minimum atomic E-state index is -0.330. The van der Waals surface area contributed by atoms with Crippen LogP contribution in [0.4, 0.5) is 5.69 Å². The SMILES string of the molecule is CC[C@H](C)C1N=C(C(C)C)c2cc(Cl)ccc2NC1=O. The number of nitrogens with zero attached hydrogens (tertiary/aromatic N) is 1. The molecule has 0 aliphatic carbocycles. The molecule has 3 nitrogen and oxygen atoms in total. The van der Waals surface area contributed by atoms with Crippen LogP contribution in [0.25, 0.3) is 0 Å². The molecule has 1 aromatic carbocycles. The summed E-state index contributed by atoms with van der Waals surface area (Å²) in [5.41, 5.74) is 2.69. The smallest absolute Gasteiger partial charge is 0.249 e. The van der Waals surface area contributed by atoms with Gasteiger partial charge in [-0.15, -0.1) is 0 Å². The van der Waals surface area contributed by atoms with Gasteiger partial charge in [0, 0.05) is 22.0 Å². The van der Waals surface area contributed by atoms with E-state index in [-0.39, 0.29) is 23.8 Å². The summed E-state index contributed by atoms with van der Waals surface area (Å²) >= 11 is 6.09. The predicted octanol–water partition coefficient (Wildman–Crippen LogP) is 4.15. The van der Waals surface area contributed by atoms with Crippen LogP contribution < -0.4 is 5.32 Å². The molecular weight excluding hydrogens is 272 g/mol. The van der Waals surface area contributed by atoms with Gasteiger partial charge in [0.2, 0.25) is 5.91 Å². The molecule has 20 heavy (non-hydrogen) atoms. The van der Waals surface area contributed by atoms with Gasteiger partial charge in [-0.2, -0.15) is 0 Å². The Balaban J connectivity index is 2.56. The van der Waals surface area contributed by atoms with Crippen LogP contribution in [-0.2, 0) is 4.79 Å². The molecule has 1 amide bonds. The molecule has 4 heteroatoms. The first kappa shape index (κ1) is 15.0. The van der Waals surface area contributed by atoms with Crippen LogP contribution in [0.15, 0.2) is 23.2 Å². The van der Waals surface area contributed by atoms with E-state index < -0.39 is 0 Å². The average molecular weight is 293 g/mol. The Morgan fingerprint density at radius 1 is 1.35 bits per heavy atom. The number of halogens is 1. The Hall–Kier alpha value is -1.35. The molecule has 1 heterocycles. The third-order valence-electron chi connectivity index (χ3n) is 3.79. The molecule has 1 unspecified atom stereocenters. The summed E-state index contributed by atoms with van der Waals surface area (Å²) in [6.07, 6.45) is 0.921. The fourth-order valence-corrected chi connectivity index (χ4v) is 2.56. The molecule has 0 saturated carbocycles. The number of anilines is 1. The van der Waals surface area contributed by atoms with E-state index in [1.165, 1.54) is 0 Å². The lowest BCUT2D eigenvalue weighted by atomic mass is 9.96. The van der Waals surface area contributed by atoms with E-state index >= 15 is 0 Å². The van der Waals surface area contributed by atoms with Gasteiger partial charge in [-0.05, 0) is 30.0 Å². The van der Waals surface area contributed by atoms with Crippen LogP contribution in [0.3, 0.4) is 0 Å². The monoisotopic (exact) mass is 292 g/mol. The largest absolute Gasteiger partial charge is 0.324 e. The number of hydrogen-bond acceptors (Lipinski definition) is 2. The Bertz CT molecular complexity index is 551. The molecule has 0 spiro atoms. The third-order valence-corrected chi connectivity index (χ3v) is 4.03. The lowest BCUT2D eigenvalue weighted by molar-refractivity contribution is -0.118. The number of rotatable bonds is 3. The molecule has 0 saturated heterocycles. The van der Waals surface area contributed by atoms with Gasteiger partial charge >= 0.3 is 0 Å². The van der Waals surface area contributed by atoms with E-state index in [0.717, 1.165) is 23.4 Å². The highest BCUT2D eigenvalue weighted by Crippen LogP contribution is 2.29. The van der Waals surface area contributed by atoms with Gasteiger partial charge in [-0.3, -0.25) is 9.79 Å². The fraction of sp³-hybridized carbons (Fsp3) is 0.500. The molecular formula is C16H21ClN2O. The summed E-state index contributed by atoms with van der Waals surface area (Å²) in [6.45, 7) is 8.33. The van der Waals surface area contributed by atoms with Crippen LogP contribution in [0, 0.1) is 11.8 Å². The van der Waals surface area contributed by atoms with E-state index in [2.05, 4.69) is 33.0 Å². The second kappa shape index (κ2) is 5.96. The van der Waals surface area contributed by atoms with E-state index in [0.29, 0.717) is 5.02 Å². The number of benzene rings is 1. The summed E-state index contributed by atoms with van der Waals surface area (Å²) in [5, 5.41) is 3.65. The number of hydrogen-bond donors (Lipinski definition) is 1. The van der Waals surface area contributed by atoms with Gasteiger partial charge in [-0.25, -0.2) is 0 Å². The fourth-order valence-electron chi connectivity index (χ4n) is 2.39. The van der Waals surface area contributed by atoms with Gasteiger partial charge in [0.25, 0.3) is 0 Å². The second-order valence-electron chi connectivity index (χ2n) is 5.68. The molecule has 2 rings (SSSR count). The summed E-state index contributed by atoms with van der Waals surface area (Å²) in [4.78, 5) is 17.1. The minimum absolute atomic E-state index is 0.0291. The Morgan fingerprint density at radius 3 is 2.65 bits per heavy atom. The van der Waals surface area contributed by atoms with E-state index in [1.807, 2.05) is 12.1 Å². The maximum atomic E-state index is 12.4. The topological polar surface area (TPSA) is 41.5 Å². The van der Waals surface area contributed by atoms with Crippen LogP contribution in [-0.4, -0.2) is 17.7 Å². The number of nitrogens with one attached hydrogen (secondary N) is 1. The predicted molar refractivity (Wildman–Crippen MR) is 84.7 cm³/mol. The minimum Gasteiger partial charge on any atom is -0.324 e. The summed E-state index contributed by atoms with van der Waals surface area (Å²) < 4.78 is 0. The number of carbonyl (C=O) groups is 1. The molecule has 0 radical (unpaired) electrons. The lowest BCUT2D eigenvalue weighted by Gasteiger charge is -2.17. The third kappa shape index (κ3) is 2.88. The normalized spacial score (nSPS) is 20.0. The zero-order valence-electron chi connectivity index (χ0n) is 12.4. The van der Waals surface area contributed by atoms with Crippen LogP contribution in [0.5, 0.6) is 0 Å². The van der Waals surface area contributed by atoms with Gasteiger partial charge in [0.15, 0.2) is 0 Å². The zero-order valence-corrected chi connectivity index (χ0v) is 13.2. The highest BCUT2D eigenvalue weighted by molar-refractivity contribution is 6.31. The number of fused-ring (bicyclic) bond motifs is 1. The summed E-state index contributed by atoms with van der Waals surface area (Å²) in [6, 6.07) is 5.20. The van der Waals surface area contributed by atoms with Gasteiger partial charge in [-0.1, -0.05) is 45.7 Å². The van der Waals surface area contributed by atoms with E-state index in [4.69, 9.17) is 16.6 Å². The second-order valence-corrected chi connectivity index (χ2v) is 6.12. The summed E-state index contributed by atoms with van der Waals surface area (Å²) in [7, 11) is 0. The zero-order chi connectivity index (χ0) is 14.9. The molecule has 1 aliphatic heterocycles. The lowest BCUT2D eigenvalue weighted by Crippen LogP contribution is -2.31. The van der Waals surface area contributed by atoms with Gasteiger partial charge in [0.05, 0.1) is 0 Å². The van der Waals surface area contributed by atoms with Crippen LogP contribution in [0.2, 0.25) is 5.02 Å². The van der Waals surface area contributed by atoms with Gasteiger partial charge < -0.3 is 5.32 Å². The van der Waals surface area contributed by atoms with Gasteiger partial charge in [0.1, 0.15) is 6.04 Å². The molecule has 0 fully saturated rings. The van der Waals surface area contributed by atoms with Crippen LogP contribution >= 0.6 is 11.6 Å². The maximum absolute atomic E-state index is 12.4. The average Bonchev–Trinajstić information content (AvgIpc) is 2.54. The molecule has 1 aliphatic rings. The van der Waals surface area contributed by atoms with Crippen LogP contribution in [0.1, 0.15) is 39.7 Å². The standard InChI is InChI=1S/C16H21ClN2O/c1-5-10(4)15-16(20)18-13-7-6-11(17)8-12(13)14(19-15)9(2)3/h6-10,15H,5H2,1-4H3,(H,18,20)/t10-,15?/m0/s1. The van der Waals surface area contributed by atoms with E-state index in [9.17, 15) is 4.79 Å². The Labute approximate surface area is 125 Å². The first-order chi connectivity index (χ1) is 9.43. The molecule has 2 atom stereocenters. The van der Waals surface area contributed by atoms with Crippen molar-refractivity contribution in [3.05, 3.63) is 28.8 Å².